The molecule has 2 atom stereocenters. The Morgan fingerprint density at radius 1 is 1.33 bits per heavy atom. The van der Waals surface area contributed by atoms with Crippen molar-refractivity contribution >= 4 is 17.4 Å². The van der Waals surface area contributed by atoms with Gasteiger partial charge in [-0.2, -0.15) is 0 Å². The van der Waals surface area contributed by atoms with Crippen LogP contribution in [0.2, 0.25) is 5.15 Å². The summed E-state index contributed by atoms with van der Waals surface area (Å²) in [6, 6.07) is 2.07. The second-order valence-corrected chi connectivity index (χ2v) is 6.21. The first kappa shape index (κ1) is 16.5. The van der Waals surface area contributed by atoms with Crippen molar-refractivity contribution in [2.24, 2.45) is 5.41 Å². The molecular weight excluding hydrogens is 290 g/mol. The third-order valence-electron chi connectivity index (χ3n) is 4.04. The predicted molar refractivity (Wildman–Crippen MR) is 83.6 cm³/mol. The predicted octanol–water partition coefficient (Wildman–Crippen LogP) is 3.28. The van der Waals surface area contributed by atoms with Crippen molar-refractivity contribution in [2.45, 2.75) is 52.9 Å². The SMILES string of the molecule is CCOCc1nc(Cl)cc(NC2CC(OCC)C2(C)C)n1. The lowest BCUT2D eigenvalue weighted by Gasteiger charge is -2.51. The van der Waals surface area contributed by atoms with Crippen LogP contribution in [-0.4, -0.2) is 35.3 Å². The average Bonchev–Trinajstić information content (AvgIpc) is 2.43. The molecule has 1 aliphatic carbocycles. The fourth-order valence-corrected chi connectivity index (χ4v) is 2.79. The minimum atomic E-state index is 0.0769. The first-order chi connectivity index (χ1) is 9.97. The van der Waals surface area contributed by atoms with E-state index in [2.05, 4.69) is 29.1 Å². The minimum Gasteiger partial charge on any atom is -0.378 e. The Hall–Kier alpha value is -0.910. The molecule has 0 bridgehead atoms. The van der Waals surface area contributed by atoms with Gasteiger partial charge in [0.2, 0.25) is 0 Å². The van der Waals surface area contributed by atoms with Gasteiger partial charge in [-0.25, -0.2) is 9.97 Å². The van der Waals surface area contributed by atoms with E-state index >= 15 is 0 Å². The summed E-state index contributed by atoms with van der Waals surface area (Å²) >= 11 is 6.05. The van der Waals surface area contributed by atoms with Crippen LogP contribution in [0, 0.1) is 5.41 Å². The van der Waals surface area contributed by atoms with E-state index in [1.54, 1.807) is 6.07 Å². The highest BCUT2D eigenvalue weighted by Crippen LogP contribution is 2.44. The summed E-state index contributed by atoms with van der Waals surface area (Å²) in [6.45, 7) is 10.1. The number of rotatable bonds is 7. The van der Waals surface area contributed by atoms with Crippen LogP contribution in [0.25, 0.3) is 0 Å². The van der Waals surface area contributed by atoms with Crippen molar-refractivity contribution in [3.05, 3.63) is 17.0 Å². The molecular formula is C15H24ClN3O2. The molecule has 0 spiro atoms. The van der Waals surface area contributed by atoms with E-state index in [-0.39, 0.29) is 5.41 Å². The third kappa shape index (κ3) is 3.84. The molecule has 1 aromatic rings. The lowest BCUT2D eigenvalue weighted by molar-refractivity contribution is -0.0976. The quantitative estimate of drug-likeness (QED) is 0.783. The Labute approximate surface area is 131 Å². The summed E-state index contributed by atoms with van der Waals surface area (Å²) in [7, 11) is 0. The number of hydrogen-bond donors (Lipinski definition) is 1. The highest BCUT2D eigenvalue weighted by molar-refractivity contribution is 6.29. The third-order valence-corrected chi connectivity index (χ3v) is 4.24. The van der Waals surface area contributed by atoms with Gasteiger partial charge in [-0.3, -0.25) is 0 Å². The minimum absolute atomic E-state index is 0.0769. The van der Waals surface area contributed by atoms with Gasteiger partial charge in [0.1, 0.15) is 17.6 Å². The molecule has 1 fully saturated rings. The summed E-state index contributed by atoms with van der Waals surface area (Å²) in [4.78, 5) is 8.62. The number of halogens is 1. The van der Waals surface area contributed by atoms with Gasteiger partial charge in [-0.05, 0) is 20.3 Å². The summed E-state index contributed by atoms with van der Waals surface area (Å²) in [5, 5.41) is 3.87. The van der Waals surface area contributed by atoms with Gasteiger partial charge in [0.05, 0.1) is 6.10 Å². The molecule has 1 aromatic heterocycles. The van der Waals surface area contributed by atoms with Gasteiger partial charge in [0.25, 0.3) is 0 Å². The van der Waals surface area contributed by atoms with Crippen LogP contribution in [0.5, 0.6) is 0 Å². The zero-order valence-electron chi connectivity index (χ0n) is 13.1. The molecule has 0 aliphatic heterocycles. The maximum Gasteiger partial charge on any atom is 0.158 e. The summed E-state index contributed by atoms with van der Waals surface area (Å²) in [5.41, 5.74) is 0.0769. The Balaban J connectivity index is 2.02. The summed E-state index contributed by atoms with van der Waals surface area (Å²) < 4.78 is 11.1. The topological polar surface area (TPSA) is 56.3 Å². The van der Waals surface area contributed by atoms with Gasteiger partial charge in [-0.1, -0.05) is 25.4 Å². The van der Waals surface area contributed by atoms with Crippen LogP contribution < -0.4 is 5.32 Å². The Morgan fingerprint density at radius 2 is 2.10 bits per heavy atom. The molecule has 1 heterocycles. The number of ether oxygens (including phenoxy) is 2. The van der Waals surface area contributed by atoms with Crippen molar-refractivity contribution in [2.75, 3.05) is 18.5 Å². The second-order valence-electron chi connectivity index (χ2n) is 5.83. The molecule has 1 aliphatic rings. The molecule has 1 N–H and O–H groups in total. The largest absolute Gasteiger partial charge is 0.378 e. The van der Waals surface area contributed by atoms with Gasteiger partial charge in [-0.15, -0.1) is 0 Å². The zero-order chi connectivity index (χ0) is 15.5. The van der Waals surface area contributed by atoms with Gasteiger partial charge in [0.15, 0.2) is 5.82 Å². The standard InChI is InChI=1S/C15H24ClN3O2/c1-5-20-9-14-18-12(16)8-13(19-14)17-10-7-11(21-6-2)15(10,3)4/h8,10-11H,5-7,9H2,1-4H3,(H,17,18,19). The van der Waals surface area contributed by atoms with E-state index in [0.29, 0.717) is 36.3 Å². The van der Waals surface area contributed by atoms with Gasteiger partial charge in [0, 0.05) is 30.7 Å². The van der Waals surface area contributed by atoms with Crippen LogP contribution in [-0.2, 0) is 16.1 Å². The van der Waals surface area contributed by atoms with Crippen LogP contribution in [0.1, 0.15) is 39.9 Å². The number of nitrogens with zero attached hydrogens (tertiary/aromatic N) is 2. The second kappa shape index (κ2) is 6.90. The zero-order valence-corrected chi connectivity index (χ0v) is 13.9. The smallest absolute Gasteiger partial charge is 0.158 e. The van der Waals surface area contributed by atoms with E-state index < -0.39 is 0 Å². The van der Waals surface area contributed by atoms with Gasteiger partial charge >= 0.3 is 0 Å². The van der Waals surface area contributed by atoms with E-state index in [1.165, 1.54) is 0 Å². The molecule has 0 saturated heterocycles. The van der Waals surface area contributed by atoms with Crippen LogP contribution in [0.4, 0.5) is 5.82 Å². The average molecular weight is 314 g/mol. The van der Waals surface area contributed by atoms with E-state index in [0.717, 1.165) is 18.8 Å². The molecule has 1 saturated carbocycles. The maximum atomic E-state index is 6.05. The van der Waals surface area contributed by atoms with Crippen LogP contribution in [0.3, 0.4) is 0 Å². The van der Waals surface area contributed by atoms with Crippen LogP contribution >= 0.6 is 11.6 Å². The fraction of sp³-hybridized carbons (Fsp3) is 0.733. The summed E-state index contributed by atoms with van der Waals surface area (Å²) in [5.74, 6) is 1.35. The number of nitrogens with one attached hydrogen (secondary N) is 1. The van der Waals surface area contributed by atoms with Crippen molar-refractivity contribution in [1.29, 1.82) is 0 Å². The highest BCUT2D eigenvalue weighted by Gasteiger charge is 2.49. The van der Waals surface area contributed by atoms with Crippen molar-refractivity contribution in [1.82, 2.24) is 9.97 Å². The summed E-state index contributed by atoms with van der Waals surface area (Å²) in [6.07, 6.45) is 1.27. The molecule has 5 nitrogen and oxygen atoms in total. The van der Waals surface area contributed by atoms with E-state index in [9.17, 15) is 0 Å². The Morgan fingerprint density at radius 3 is 2.71 bits per heavy atom. The molecule has 21 heavy (non-hydrogen) atoms. The Bertz CT molecular complexity index is 482. The van der Waals surface area contributed by atoms with E-state index in [4.69, 9.17) is 21.1 Å². The number of hydrogen-bond acceptors (Lipinski definition) is 5. The molecule has 6 heteroatoms. The van der Waals surface area contributed by atoms with Crippen molar-refractivity contribution in [3.63, 3.8) is 0 Å². The monoisotopic (exact) mass is 313 g/mol. The Kier molecular flexibility index (Phi) is 5.41. The van der Waals surface area contributed by atoms with Crippen molar-refractivity contribution in [3.8, 4) is 0 Å². The van der Waals surface area contributed by atoms with Gasteiger partial charge < -0.3 is 14.8 Å². The fourth-order valence-electron chi connectivity index (χ4n) is 2.59. The molecule has 2 unspecified atom stereocenters. The molecule has 0 radical (unpaired) electrons. The molecule has 2 rings (SSSR count). The normalized spacial score (nSPS) is 23.7. The first-order valence-electron chi connectivity index (χ1n) is 7.46. The van der Waals surface area contributed by atoms with Crippen LogP contribution in [0.15, 0.2) is 6.07 Å². The number of anilines is 1. The maximum absolute atomic E-state index is 6.05. The highest BCUT2D eigenvalue weighted by atomic mass is 35.5. The van der Waals surface area contributed by atoms with E-state index in [1.807, 2.05) is 13.8 Å². The number of aromatic nitrogens is 2. The lowest BCUT2D eigenvalue weighted by atomic mass is 9.64. The van der Waals surface area contributed by atoms with Crippen molar-refractivity contribution < 1.29 is 9.47 Å². The lowest BCUT2D eigenvalue weighted by Crippen LogP contribution is -2.58. The molecule has 0 amide bonds. The first-order valence-corrected chi connectivity index (χ1v) is 7.84. The molecule has 118 valence electrons. The molecule has 0 aromatic carbocycles.